The molecule has 0 atom stereocenters. The van der Waals surface area contributed by atoms with Crippen LogP contribution in [0.4, 0.5) is 0 Å². The molecule has 0 bridgehead atoms. The molecule has 1 N–H and O–H groups in total. The van der Waals surface area contributed by atoms with Crippen LogP contribution in [0.3, 0.4) is 0 Å². The van der Waals surface area contributed by atoms with Crippen LogP contribution in [0.1, 0.15) is 30.9 Å². The molecule has 0 saturated carbocycles. The standard InChI is InChI=1S/C21H26N2O3S/c1-17-8-10-19(11-9-17)27(25,26)23-14-12-21(2,13-15-23)20(24)22-16-18-6-4-3-5-7-18/h3-11H,12-16H2,1-2H3,(H,22,24). The van der Waals surface area contributed by atoms with E-state index < -0.39 is 15.4 Å². The molecule has 1 amide bonds. The molecule has 0 aromatic heterocycles. The molecule has 27 heavy (non-hydrogen) atoms. The second kappa shape index (κ2) is 7.82. The van der Waals surface area contributed by atoms with E-state index in [4.69, 9.17) is 0 Å². The monoisotopic (exact) mass is 386 g/mol. The van der Waals surface area contributed by atoms with E-state index in [0.29, 0.717) is 37.4 Å². The summed E-state index contributed by atoms with van der Waals surface area (Å²) >= 11 is 0. The molecule has 0 unspecified atom stereocenters. The average molecular weight is 387 g/mol. The summed E-state index contributed by atoms with van der Waals surface area (Å²) in [5.74, 6) is -0.0151. The lowest BCUT2D eigenvalue weighted by molar-refractivity contribution is -0.132. The molecular weight excluding hydrogens is 360 g/mol. The van der Waals surface area contributed by atoms with E-state index >= 15 is 0 Å². The smallest absolute Gasteiger partial charge is 0.243 e. The van der Waals surface area contributed by atoms with Crippen LogP contribution < -0.4 is 5.32 Å². The van der Waals surface area contributed by atoms with Gasteiger partial charge in [0.25, 0.3) is 0 Å². The Morgan fingerprint density at radius 1 is 1.04 bits per heavy atom. The van der Waals surface area contributed by atoms with Crippen molar-refractivity contribution in [2.75, 3.05) is 13.1 Å². The van der Waals surface area contributed by atoms with Crippen molar-refractivity contribution in [2.24, 2.45) is 5.41 Å². The number of nitrogens with one attached hydrogen (secondary N) is 1. The quantitative estimate of drug-likeness (QED) is 0.859. The Bertz CT molecular complexity index is 885. The van der Waals surface area contributed by atoms with E-state index in [-0.39, 0.29) is 5.91 Å². The minimum atomic E-state index is -3.51. The normalized spacial score (nSPS) is 17.4. The highest BCUT2D eigenvalue weighted by atomic mass is 32.2. The first-order chi connectivity index (χ1) is 12.8. The predicted octanol–water partition coefficient (Wildman–Crippen LogP) is 3.10. The lowest BCUT2D eigenvalue weighted by atomic mass is 9.80. The van der Waals surface area contributed by atoms with E-state index in [1.165, 1.54) is 4.31 Å². The van der Waals surface area contributed by atoms with Crippen molar-refractivity contribution in [1.29, 1.82) is 0 Å². The van der Waals surface area contributed by atoms with Crippen molar-refractivity contribution in [2.45, 2.75) is 38.1 Å². The number of sulfonamides is 1. The highest BCUT2D eigenvalue weighted by Crippen LogP contribution is 2.33. The zero-order chi connectivity index (χ0) is 19.5. The van der Waals surface area contributed by atoms with Crippen LogP contribution >= 0.6 is 0 Å². The molecule has 1 saturated heterocycles. The summed E-state index contributed by atoms with van der Waals surface area (Å²) in [5, 5.41) is 2.99. The minimum absolute atomic E-state index is 0.0151. The Morgan fingerprint density at radius 3 is 2.22 bits per heavy atom. The third-order valence-corrected chi connectivity index (χ3v) is 7.24. The van der Waals surface area contributed by atoms with Crippen molar-refractivity contribution >= 4 is 15.9 Å². The molecular formula is C21H26N2O3S. The van der Waals surface area contributed by atoms with Crippen LogP contribution in [0.2, 0.25) is 0 Å². The molecule has 5 nitrogen and oxygen atoms in total. The molecule has 1 aliphatic heterocycles. The Balaban J connectivity index is 1.61. The lowest BCUT2D eigenvalue weighted by Gasteiger charge is -2.37. The lowest BCUT2D eigenvalue weighted by Crippen LogP contribution is -2.48. The first-order valence-electron chi connectivity index (χ1n) is 9.20. The van der Waals surface area contributed by atoms with Crippen LogP contribution in [-0.4, -0.2) is 31.7 Å². The molecule has 1 aliphatic rings. The van der Waals surface area contributed by atoms with Crippen LogP contribution in [0.25, 0.3) is 0 Å². The number of amides is 1. The fraction of sp³-hybridized carbons (Fsp3) is 0.381. The van der Waals surface area contributed by atoms with Gasteiger partial charge in [0.1, 0.15) is 0 Å². The first-order valence-corrected chi connectivity index (χ1v) is 10.6. The topological polar surface area (TPSA) is 66.5 Å². The largest absolute Gasteiger partial charge is 0.352 e. The number of hydrogen-bond acceptors (Lipinski definition) is 3. The van der Waals surface area contributed by atoms with Gasteiger partial charge in [-0.05, 0) is 37.5 Å². The highest BCUT2D eigenvalue weighted by Gasteiger charge is 2.40. The number of hydrogen-bond donors (Lipinski definition) is 1. The summed E-state index contributed by atoms with van der Waals surface area (Å²) in [6.07, 6.45) is 1.03. The minimum Gasteiger partial charge on any atom is -0.352 e. The van der Waals surface area contributed by atoms with Crippen molar-refractivity contribution < 1.29 is 13.2 Å². The van der Waals surface area contributed by atoms with Crippen LogP contribution in [0.5, 0.6) is 0 Å². The van der Waals surface area contributed by atoms with Crippen LogP contribution in [0, 0.1) is 12.3 Å². The fourth-order valence-electron chi connectivity index (χ4n) is 3.30. The maximum Gasteiger partial charge on any atom is 0.243 e. The van der Waals surface area contributed by atoms with Gasteiger partial charge >= 0.3 is 0 Å². The van der Waals surface area contributed by atoms with E-state index in [0.717, 1.165) is 11.1 Å². The third kappa shape index (κ3) is 4.39. The van der Waals surface area contributed by atoms with Gasteiger partial charge in [0.15, 0.2) is 0 Å². The van der Waals surface area contributed by atoms with E-state index in [9.17, 15) is 13.2 Å². The molecule has 2 aromatic carbocycles. The number of aryl methyl sites for hydroxylation is 1. The van der Waals surface area contributed by atoms with Gasteiger partial charge in [-0.25, -0.2) is 8.42 Å². The number of carbonyl (C=O) groups excluding carboxylic acids is 1. The van der Waals surface area contributed by atoms with Crippen molar-refractivity contribution in [3.63, 3.8) is 0 Å². The van der Waals surface area contributed by atoms with E-state index in [1.807, 2.05) is 44.2 Å². The molecule has 144 valence electrons. The van der Waals surface area contributed by atoms with Crippen molar-refractivity contribution in [3.05, 3.63) is 65.7 Å². The zero-order valence-corrected chi connectivity index (χ0v) is 16.6. The average Bonchev–Trinajstić information content (AvgIpc) is 2.67. The Labute approximate surface area is 161 Å². The predicted molar refractivity (Wildman–Crippen MR) is 106 cm³/mol. The molecule has 6 heteroatoms. The number of piperidine rings is 1. The fourth-order valence-corrected chi connectivity index (χ4v) is 4.74. The van der Waals surface area contributed by atoms with Crippen LogP contribution in [0.15, 0.2) is 59.5 Å². The molecule has 2 aromatic rings. The summed E-state index contributed by atoms with van der Waals surface area (Å²) in [7, 11) is -3.51. The summed E-state index contributed by atoms with van der Waals surface area (Å²) in [4.78, 5) is 13.0. The van der Waals surface area contributed by atoms with Gasteiger partial charge in [-0.3, -0.25) is 4.79 Å². The van der Waals surface area contributed by atoms with Gasteiger partial charge in [-0.15, -0.1) is 0 Å². The second-order valence-corrected chi connectivity index (χ2v) is 9.38. The van der Waals surface area contributed by atoms with Gasteiger partial charge in [0.2, 0.25) is 15.9 Å². The molecule has 3 rings (SSSR count). The summed E-state index contributed by atoms with van der Waals surface area (Å²) in [6.45, 7) is 5.04. The molecule has 1 fully saturated rings. The number of benzene rings is 2. The molecule has 0 aliphatic carbocycles. The second-order valence-electron chi connectivity index (χ2n) is 7.45. The zero-order valence-electron chi connectivity index (χ0n) is 15.8. The maximum absolute atomic E-state index is 12.8. The van der Waals surface area contributed by atoms with Crippen molar-refractivity contribution in [3.8, 4) is 0 Å². The summed E-state index contributed by atoms with van der Waals surface area (Å²) < 4.78 is 27.1. The first kappa shape index (κ1) is 19.6. The van der Waals surface area contributed by atoms with Gasteiger partial charge in [0, 0.05) is 25.0 Å². The number of carbonyl (C=O) groups is 1. The van der Waals surface area contributed by atoms with Gasteiger partial charge in [-0.2, -0.15) is 4.31 Å². The van der Waals surface area contributed by atoms with Gasteiger partial charge in [-0.1, -0.05) is 55.0 Å². The van der Waals surface area contributed by atoms with Gasteiger partial charge in [0.05, 0.1) is 4.90 Å². The Kier molecular flexibility index (Phi) is 5.67. The Hall–Kier alpha value is -2.18. The molecule has 1 heterocycles. The summed E-state index contributed by atoms with van der Waals surface area (Å²) in [5.41, 5.74) is 1.53. The summed E-state index contributed by atoms with van der Waals surface area (Å²) in [6, 6.07) is 16.7. The Morgan fingerprint density at radius 2 is 1.63 bits per heavy atom. The SMILES string of the molecule is Cc1ccc(S(=O)(=O)N2CCC(C)(C(=O)NCc3ccccc3)CC2)cc1. The highest BCUT2D eigenvalue weighted by molar-refractivity contribution is 7.89. The van der Waals surface area contributed by atoms with E-state index in [1.54, 1.807) is 24.3 Å². The molecule has 0 spiro atoms. The van der Waals surface area contributed by atoms with E-state index in [2.05, 4.69) is 5.32 Å². The maximum atomic E-state index is 12.8. The number of nitrogens with zero attached hydrogens (tertiary/aromatic N) is 1. The van der Waals surface area contributed by atoms with Crippen LogP contribution in [-0.2, 0) is 21.4 Å². The van der Waals surface area contributed by atoms with Gasteiger partial charge < -0.3 is 5.32 Å². The third-order valence-electron chi connectivity index (χ3n) is 5.33. The number of rotatable bonds is 5. The van der Waals surface area contributed by atoms with Crippen molar-refractivity contribution in [1.82, 2.24) is 9.62 Å². The molecule has 0 radical (unpaired) electrons.